The van der Waals surface area contributed by atoms with Crippen LogP contribution in [0.15, 0.2) is 83.8 Å². The largest absolute Gasteiger partial charge is 0.497 e. The molecule has 0 radical (unpaired) electrons. The monoisotopic (exact) mass is 494 g/mol. The van der Waals surface area contributed by atoms with Crippen LogP contribution in [0.2, 0.25) is 0 Å². The zero-order chi connectivity index (χ0) is 24.1. The second kappa shape index (κ2) is 10.0. The minimum absolute atomic E-state index is 0.104. The molecule has 3 aromatic carbocycles. The second-order valence-corrected chi connectivity index (χ2v) is 10.2. The maximum absolute atomic E-state index is 13.4. The number of ether oxygens (including phenoxy) is 1. The summed E-state index contributed by atoms with van der Waals surface area (Å²) in [7, 11) is -2.39. The lowest BCUT2D eigenvalue weighted by atomic mass is 10.2. The molecule has 0 atom stereocenters. The van der Waals surface area contributed by atoms with Crippen LogP contribution in [0, 0.1) is 6.92 Å². The lowest BCUT2D eigenvalue weighted by Crippen LogP contribution is -2.38. The number of aromatic nitrogens is 2. The first-order chi connectivity index (χ1) is 16.4. The Hall–Kier alpha value is -3.76. The highest BCUT2D eigenvalue weighted by atomic mass is 32.2. The summed E-state index contributed by atoms with van der Waals surface area (Å²) in [6.07, 6.45) is 0. The van der Waals surface area contributed by atoms with Gasteiger partial charge in [-0.3, -0.25) is 14.4 Å². The third-order valence-corrected chi connectivity index (χ3v) is 7.62. The van der Waals surface area contributed by atoms with Gasteiger partial charge in [-0.05, 0) is 55.5 Å². The van der Waals surface area contributed by atoms with Crippen LogP contribution in [0.3, 0.4) is 0 Å². The number of para-hydroxylation sites is 1. The van der Waals surface area contributed by atoms with Crippen LogP contribution in [-0.4, -0.2) is 38.2 Å². The summed E-state index contributed by atoms with van der Waals surface area (Å²) in [6.45, 7) is 1.46. The number of anilines is 2. The van der Waals surface area contributed by atoms with E-state index >= 15 is 0 Å². The van der Waals surface area contributed by atoms with Crippen molar-refractivity contribution >= 4 is 38.1 Å². The summed E-state index contributed by atoms with van der Waals surface area (Å²) >= 11 is 1.19. The van der Waals surface area contributed by atoms with Gasteiger partial charge < -0.3 is 4.74 Å². The van der Waals surface area contributed by atoms with Crippen LogP contribution in [0.5, 0.6) is 5.75 Å². The Morgan fingerprint density at radius 3 is 2.29 bits per heavy atom. The summed E-state index contributed by atoms with van der Waals surface area (Å²) in [5.74, 6) is 0.189. The van der Waals surface area contributed by atoms with Crippen molar-refractivity contribution in [2.24, 2.45) is 0 Å². The smallest absolute Gasteiger partial charge is 0.264 e. The molecule has 1 amide bonds. The van der Waals surface area contributed by atoms with Crippen LogP contribution < -0.4 is 14.4 Å². The Morgan fingerprint density at radius 2 is 1.65 bits per heavy atom. The second-order valence-electron chi connectivity index (χ2n) is 7.35. The molecule has 1 aromatic heterocycles. The number of hydrogen-bond acceptors (Lipinski definition) is 7. The van der Waals surface area contributed by atoms with Crippen LogP contribution in [-0.2, 0) is 14.8 Å². The molecule has 4 rings (SSSR count). The predicted molar refractivity (Wildman–Crippen MR) is 133 cm³/mol. The average molecular weight is 495 g/mol. The number of amides is 1. The van der Waals surface area contributed by atoms with Crippen molar-refractivity contribution in [2.75, 3.05) is 23.3 Å². The molecular weight excluding hydrogens is 472 g/mol. The number of nitrogens with one attached hydrogen (secondary N) is 1. The van der Waals surface area contributed by atoms with Crippen LogP contribution in [0.4, 0.5) is 10.8 Å². The number of carbonyl (C=O) groups is 1. The van der Waals surface area contributed by atoms with Crippen molar-refractivity contribution < 1.29 is 17.9 Å². The highest BCUT2D eigenvalue weighted by Gasteiger charge is 2.27. The topological polar surface area (TPSA) is 101 Å². The molecule has 0 saturated carbocycles. The SMILES string of the molecule is COc1ccc(-c2nnc(NC(=O)CN(c3ccccc3)S(=O)(=O)c3ccc(C)cc3)s2)cc1. The molecule has 8 nitrogen and oxygen atoms in total. The standard InChI is InChI=1S/C24H22N4O4S2/c1-17-8-14-21(15-9-17)34(30,31)28(19-6-4-3-5-7-19)16-22(29)25-24-27-26-23(33-24)18-10-12-20(32-2)13-11-18/h3-15H,16H2,1-2H3,(H,25,27,29). The molecule has 0 aliphatic carbocycles. The summed E-state index contributed by atoms with van der Waals surface area (Å²) < 4.78 is 33.0. The van der Waals surface area contributed by atoms with Crippen molar-refractivity contribution in [3.63, 3.8) is 0 Å². The van der Waals surface area contributed by atoms with E-state index in [1.807, 2.05) is 31.2 Å². The zero-order valence-corrected chi connectivity index (χ0v) is 20.1. The van der Waals surface area contributed by atoms with Gasteiger partial charge in [0.2, 0.25) is 11.0 Å². The molecule has 0 bridgehead atoms. The Balaban J connectivity index is 1.55. The van der Waals surface area contributed by atoms with Crippen molar-refractivity contribution in [1.82, 2.24) is 10.2 Å². The lowest BCUT2D eigenvalue weighted by Gasteiger charge is -2.23. The number of benzene rings is 3. The molecule has 0 aliphatic rings. The third kappa shape index (κ3) is 5.24. The van der Waals surface area contributed by atoms with Crippen molar-refractivity contribution in [2.45, 2.75) is 11.8 Å². The van der Waals surface area contributed by atoms with E-state index in [1.54, 1.807) is 49.6 Å². The molecular formula is C24H22N4O4S2. The predicted octanol–water partition coefficient (Wildman–Crippen LogP) is 4.36. The molecule has 4 aromatic rings. The van der Waals surface area contributed by atoms with Gasteiger partial charge in [-0.1, -0.05) is 47.2 Å². The van der Waals surface area contributed by atoms with Gasteiger partial charge in [0.1, 0.15) is 17.3 Å². The molecule has 0 saturated heterocycles. The molecule has 1 N–H and O–H groups in total. The highest BCUT2D eigenvalue weighted by molar-refractivity contribution is 7.92. The number of rotatable bonds is 8. The van der Waals surface area contributed by atoms with E-state index < -0.39 is 22.5 Å². The molecule has 0 spiro atoms. The first kappa shape index (κ1) is 23.4. The Bertz CT molecular complexity index is 1370. The maximum atomic E-state index is 13.4. The molecule has 0 fully saturated rings. The fourth-order valence-electron chi connectivity index (χ4n) is 3.16. The summed E-state index contributed by atoms with van der Waals surface area (Å²) in [5.41, 5.74) is 2.15. The van der Waals surface area contributed by atoms with Gasteiger partial charge in [0, 0.05) is 5.56 Å². The molecule has 0 aliphatic heterocycles. The Morgan fingerprint density at radius 1 is 0.971 bits per heavy atom. The van der Waals surface area contributed by atoms with Crippen LogP contribution in [0.1, 0.15) is 5.56 Å². The van der Waals surface area contributed by atoms with E-state index in [0.29, 0.717) is 10.7 Å². The third-order valence-electron chi connectivity index (χ3n) is 4.95. The number of sulfonamides is 1. The number of aryl methyl sites for hydroxylation is 1. The van der Waals surface area contributed by atoms with Gasteiger partial charge in [0.15, 0.2) is 0 Å². The van der Waals surface area contributed by atoms with E-state index in [1.165, 1.54) is 23.5 Å². The van der Waals surface area contributed by atoms with Gasteiger partial charge in [0.25, 0.3) is 10.0 Å². The minimum Gasteiger partial charge on any atom is -0.497 e. The van der Waals surface area contributed by atoms with E-state index in [4.69, 9.17) is 4.74 Å². The van der Waals surface area contributed by atoms with Crippen molar-refractivity contribution in [3.8, 4) is 16.3 Å². The van der Waals surface area contributed by atoms with Crippen LogP contribution >= 0.6 is 11.3 Å². The number of hydrogen-bond donors (Lipinski definition) is 1. The highest BCUT2D eigenvalue weighted by Crippen LogP contribution is 2.28. The van der Waals surface area contributed by atoms with E-state index in [0.717, 1.165) is 21.2 Å². The maximum Gasteiger partial charge on any atom is 0.264 e. The van der Waals surface area contributed by atoms with Gasteiger partial charge >= 0.3 is 0 Å². The zero-order valence-electron chi connectivity index (χ0n) is 18.5. The summed E-state index contributed by atoms with van der Waals surface area (Å²) in [6, 6.07) is 22.3. The number of methoxy groups -OCH3 is 1. The Labute approximate surface area is 201 Å². The summed E-state index contributed by atoms with van der Waals surface area (Å²) in [4.78, 5) is 13.0. The lowest BCUT2D eigenvalue weighted by molar-refractivity contribution is -0.114. The number of carbonyl (C=O) groups excluding carboxylic acids is 1. The molecule has 1 heterocycles. The van der Waals surface area contributed by atoms with Crippen LogP contribution in [0.25, 0.3) is 10.6 Å². The van der Waals surface area contributed by atoms with E-state index in [-0.39, 0.29) is 10.0 Å². The van der Waals surface area contributed by atoms with E-state index in [9.17, 15) is 13.2 Å². The van der Waals surface area contributed by atoms with Gasteiger partial charge in [-0.15, -0.1) is 10.2 Å². The van der Waals surface area contributed by atoms with Gasteiger partial charge in [0.05, 0.1) is 17.7 Å². The van der Waals surface area contributed by atoms with Gasteiger partial charge in [-0.2, -0.15) is 0 Å². The van der Waals surface area contributed by atoms with Gasteiger partial charge in [-0.25, -0.2) is 8.42 Å². The Kier molecular flexibility index (Phi) is 6.90. The van der Waals surface area contributed by atoms with Crippen molar-refractivity contribution in [3.05, 3.63) is 84.4 Å². The normalized spacial score (nSPS) is 11.1. The van der Waals surface area contributed by atoms with E-state index in [2.05, 4.69) is 15.5 Å². The van der Waals surface area contributed by atoms with Crippen molar-refractivity contribution in [1.29, 1.82) is 0 Å². The molecule has 0 unspecified atom stereocenters. The first-order valence-corrected chi connectivity index (χ1v) is 12.5. The average Bonchev–Trinajstić information content (AvgIpc) is 3.31. The first-order valence-electron chi connectivity index (χ1n) is 10.3. The quantitative estimate of drug-likeness (QED) is 0.391. The minimum atomic E-state index is -3.97. The molecule has 174 valence electrons. The fourth-order valence-corrected chi connectivity index (χ4v) is 5.35. The number of nitrogens with zero attached hydrogens (tertiary/aromatic N) is 3. The molecule has 10 heteroatoms. The fraction of sp³-hybridized carbons (Fsp3) is 0.125. The molecule has 34 heavy (non-hydrogen) atoms. The summed E-state index contributed by atoms with van der Waals surface area (Å²) in [5, 5.41) is 11.7.